The van der Waals surface area contributed by atoms with E-state index in [4.69, 9.17) is 0 Å². The fourth-order valence-electron chi connectivity index (χ4n) is 9.08. The largest absolute Gasteiger partial charge is 0.508 e. The van der Waals surface area contributed by atoms with Crippen molar-refractivity contribution in [1.29, 1.82) is 0 Å². The number of carbonyl (C=O) groups is 1. The van der Waals surface area contributed by atoms with E-state index in [9.17, 15) is 15.0 Å². The molecule has 6 rings (SSSR count). The standard InChI is InChI=1S/C39H48FNO3/c1-39-25-34(40)38-32-19-18-31(42)24-30(32)23-29(37(38)33(39)20-21-35(39)43)16-8-9-22-41(26-28-13-6-3-7-14-28)36(44)17-10-15-27-11-4-2-5-12-27/h2-7,11-14,18-19,24,29,33-35,37-38,42-43H,8-10,15-17,20-23,25-26H2,1H3/t29-,33?,34+,35+,37?,38?,39+/m1/s1. The van der Waals surface area contributed by atoms with Crippen LogP contribution in [0.15, 0.2) is 78.9 Å². The number of nitrogens with zero attached hydrogens (tertiary/aromatic N) is 1. The molecular formula is C39H48FNO3. The SMILES string of the molecule is C[C@]12C[C@H](F)C3c4ccc(O)cc4C[C@@H](CCCCN(Cc4ccccc4)C(=O)CCCc4ccccc4)C3C1CC[C@@H]2O. The number of hydrogen-bond acceptors (Lipinski definition) is 3. The molecule has 1 amide bonds. The minimum Gasteiger partial charge on any atom is -0.508 e. The molecule has 3 aromatic rings. The lowest BCUT2D eigenvalue weighted by Gasteiger charge is -2.54. The molecule has 3 unspecified atom stereocenters. The Morgan fingerprint density at radius 3 is 2.43 bits per heavy atom. The fraction of sp³-hybridized carbons (Fsp3) is 0.513. The first-order valence-electron chi connectivity index (χ1n) is 16.8. The van der Waals surface area contributed by atoms with Crippen LogP contribution in [-0.2, 0) is 24.2 Å². The Morgan fingerprint density at radius 1 is 0.955 bits per heavy atom. The van der Waals surface area contributed by atoms with Gasteiger partial charge in [-0.1, -0.05) is 80.1 Å². The number of halogens is 1. The van der Waals surface area contributed by atoms with E-state index in [0.717, 1.165) is 68.1 Å². The number of amides is 1. The summed E-state index contributed by atoms with van der Waals surface area (Å²) in [5.74, 6) is 1.08. The summed E-state index contributed by atoms with van der Waals surface area (Å²) in [6.45, 7) is 3.45. The number of hydrogen-bond donors (Lipinski definition) is 2. The molecule has 0 aliphatic heterocycles. The van der Waals surface area contributed by atoms with Crippen molar-refractivity contribution in [3.63, 3.8) is 0 Å². The molecule has 3 aliphatic rings. The first-order valence-corrected chi connectivity index (χ1v) is 16.8. The van der Waals surface area contributed by atoms with E-state index in [-0.39, 0.29) is 28.9 Å². The summed E-state index contributed by atoms with van der Waals surface area (Å²) in [5, 5.41) is 21.2. The molecule has 44 heavy (non-hydrogen) atoms. The van der Waals surface area contributed by atoms with Crippen molar-refractivity contribution < 1.29 is 19.4 Å². The number of aromatic hydroxyl groups is 1. The molecule has 5 heteroatoms. The van der Waals surface area contributed by atoms with E-state index >= 15 is 4.39 Å². The van der Waals surface area contributed by atoms with Crippen LogP contribution in [-0.4, -0.2) is 39.8 Å². The number of benzene rings is 3. The molecule has 2 fully saturated rings. The van der Waals surface area contributed by atoms with E-state index in [1.165, 1.54) is 5.56 Å². The average molecular weight is 598 g/mol. The number of rotatable bonds is 11. The van der Waals surface area contributed by atoms with Crippen molar-refractivity contribution >= 4 is 5.91 Å². The van der Waals surface area contributed by atoms with Gasteiger partial charge in [0, 0.05) is 25.4 Å². The molecule has 234 valence electrons. The zero-order chi connectivity index (χ0) is 30.7. The number of aliphatic hydroxyl groups is 1. The van der Waals surface area contributed by atoms with Crippen molar-refractivity contribution in [2.24, 2.45) is 23.2 Å². The van der Waals surface area contributed by atoms with Crippen LogP contribution in [0, 0.1) is 23.2 Å². The van der Waals surface area contributed by atoms with Crippen LogP contribution in [0.3, 0.4) is 0 Å². The Morgan fingerprint density at radius 2 is 1.68 bits per heavy atom. The van der Waals surface area contributed by atoms with E-state index in [0.29, 0.717) is 37.8 Å². The third-order valence-electron chi connectivity index (χ3n) is 11.3. The molecule has 0 saturated heterocycles. The third kappa shape index (κ3) is 6.44. The number of carbonyl (C=O) groups excluding carboxylic acids is 1. The first-order chi connectivity index (χ1) is 21.3. The van der Waals surface area contributed by atoms with Gasteiger partial charge >= 0.3 is 0 Å². The maximum atomic E-state index is 16.1. The predicted octanol–water partition coefficient (Wildman–Crippen LogP) is 8.01. The van der Waals surface area contributed by atoms with Crippen LogP contribution in [0.1, 0.15) is 86.5 Å². The van der Waals surface area contributed by atoms with Crippen LogP contribution in [0.5, 0.6) is 5.75 Å². The molecule has 0 spiro atoms. The number of phenols is 1. The van der Waals surface area contributed by atoms with E-state index in [2.05, 4.69) is 31.2 Å². The second kappa shape index (κ2) is 13.4. The highest BCUT2D eigenvalue weighted by Crippen LogP contribution is 2.63. The lowest BCUT2D eigenvalue weighted by atomic mass is 9.51. The molecule has 2 N–H and O–H groups in total. The Bertz CT molecular complexity index is 1400. The van der Waals surface area contributed by atoms with Gasteiger partial charge in [-0.3, -0.25) is 4.79 Å². The number of unbranched alkanes of at least 4 members (excludes halogenated alkanes) is 1. The highest BCUT2D eigenvalue weighted by Gasteiger charge is 2.59. The van der Waals surface area contributed by atoms with Gasteiger partial charge in [0.1, 0.15) is 11.9 Å². The molecule has 4 nitrogen and oxygen atoms in total. The minimum absolute atomic E-state index is 0.173. The summed E-state index contributed by atoms with van der Waals surface area (Å²) >= 11 is 0. The van der Waals surface area contributed by atoms with E-state index in [1.54, 1.807) is 6.07 Å². The third-order valence-corrected chi connectivity index (χ3v) is 11.3. The summed E-state index contributed by atoms with van der Waals surface area (Å²) in [7, 11) is 0. The molecule has 0 heterocycles. The fourth-order valence-corrected chi connectivity index (χ4v) is 9.08. The summed E-state index contributed by atoms with van der Waals surface area (Å²) < 4.78 is 16.1. The average Bonchev–Trinajstić information content (AvgIpc) is 3.32. The van der Waals surface area contributed by atoms with Crippen molar-refractivity contribution in [3.05, 3.63) is 101 Å². The maximum Gasteiger partial charge on any atom is 0.222 e. The molecule has 0 bridgehead atoms. The van der Waals surface area contributed by atoms with Crippen molar-refractivity contribution in [1.82, 2.24) is 4.90 Å². The smallest absolute Gasteiger partial charge is 0.222 e. The number of fused-ring (bicyclic) bond motifs is 5. The molecule has 2 saturated carbocycles. The van der Waals surface area contributed by atoms with Gasteiger partial charge in [0.15, 0.2) is 0 Å². The number of aliphatic hydroxyl groups excluding tert-OH is 1. The summed E-state index contributed by atoms with van der Waals surface area (Å²) in [6, 6.07) is 26.1. The second-order valence-electron chi connectivity index (χ2n) is 14.0. The van der Waals surface area contributed by atoms with Gasteiger partial charge in [0.05, 0.1) is 6.10 Å². The van der Waals surface area contributed by atoms with Gasteiger partial charge < -0.3 is 15.1 Å². The molecule has 7 atom stereocenters. The van der Waals surface area contributed by atoms with Crippen LogP contribution in [0.4, 0.5) is 4.39 Å². The number of aryl methyl sites for hydroxylation is 1. The number of alkyl halides is 1. The van der Waals surface area contributed by atoms with Gasteiger partial charge in [-0.15, -0.1) is 0 Å². The minimum atomic E-state index is -0.991. The molecule has 3 aromatic carbocycles. The Kier molecular flexibility index (Phi) is 9.42. The maximum absolute atomic E-state index is 16.1. The van der Waals surface area contributed by atoms with Gasteiger partial charge in [0.25, 0.3) is 0 Å². The topological polar surface area (TPSA) is 60.8 Å². The van der Waals surface area contributed by atoms with Gasteiger partial charge in [-0.05, 0) is 109 Å². The Labute approximate surface area is 262 Å². The van der Waals surface area contributed by atoms with Crippen molar-refractivity contribution in [2.45, 2.75) is 95.9 Å². The molecular weight excluding hydrogens is 549 g/mol. The second-order valence-corrected chi connectivity index (χ2v) is 14.0. The van der Waals surface area contributed by atoms with Crippen LogP contribution < -0.4 is 0 Å². The summed E-state index contributed by atoms with van der Waals surface area (Å²) in [5.41, 5.74) is 4.19. The van der Waals surface area contributed by atoms with E-state index in [1.807, 2.05) is 53.4 Å². The molecule has 3 aliphatic carbocycles. The van der Waals surface area contributed by atoms with Gasteiger partial charge in [-0.25, -0.2) is 4.39 Å². The first kappa shape index (κ1) is 30.8. The lowest BCUT2D eigenvalue weighted by Crippen LogP contribution is -2.51. The predicted molar refractivity (Wildman–Crippen MR) is 173 cm³/mol. The Balaban J connectivity index is 1.13. The van der Waals surface area contributed by atoms with Crippen LogP contribution >= 0.6 is 0 Å². The zero-order valence-electron chi connectivity index (χ0n) is 26.1. The van der Waals surface area contributed by atoms with Gasteiger partial charge in [-0.2, -0.15) is 0 Å². The monoisotopic (exact) mass is 597 g/mol. The van der Waals surface area contributed by atoms with Crippen LogP contribution in [0.2, 0.25) is 0 Å². The number of phenolic OH excluding ortho intramolecular Hbond substituents is 1. The highest BCUT2D eigenvalue weighted by molar-refractivity contribution is 5.76. The normalized spacial score (nSPS) is 29.0. The highest BCUT2D eigenvalue weighted by atomic mass is 19.1. The van der Waals surface area contributed by atoms with Gasteiger partial charge in [0.2, 0.25) is 5.91 Å². The zero-order valence-corrected chi connectivity index (χ0v) is 26.1. The molecule has 0 radical (unpaired) electrons. The van der Waals surface area contributed by atoms with Crippen molar-refractivity contribution in [2.75, 3.05) is 6.54 Å². The van der Waals surface area contributed by atoms with E-state index < -0.39 is 12.3 Å². The quantitative estimate of drug-likeness (QED) is 0.220. The summed E-state index contributed by atoms with van der Waals surface area (Å²) in [4.78, 5) is 15.5. The van der Waals surface area contributed by atoms with Crippen molar-refractivity contribution in [3.8, 4) is 5.75 Å². The Hall–Kier alpha value is -3.18. The van der Waals surface area contributed by atoms with Crippen LogP contribution in [0.25, 0.3) is 0 Å². The molecule has 0 aromatic heterocycles. The summed E-state index contributed by atoms with van der Waals surface area (Å²) in [6.07, 6.45) is 6.64. The lowest BCUT2D eigenvalue weighted by molar-refractivity contribution is -0.132.